The van der Waals surface area contributed by atoms with Gasteiger partial charge in [-0.2, -0.15) is 0 Å². The van der Waals surface area contributed by atoms with Gasteiger partial charge in [-0.05, 0) is 47.9 Å². The van der Waals surface area contributed by atoms with E-state index in [9.17, 15) is 0 Å². The maximum atomic E-state index is 7.15. The summed E-state index contributed by atoms with van der Waals surface area (Å²) in [7, 11) is 0. The summed E-state index contributed by atoms with van der Waals surface area (Å²) >= 11 is 0. The Labute approximate surface area is 137 Å². The number of hydrogen-bond acceptors (Lipinski definition) is 3. The van der Waals surface area contributed by atoms with Crippen LogP contribution in [0, 0.1) is 5.41 Å². The third-order valence-corrected chi connectivity index (χ3v) is 3.74. The Morgan fingerprint density at radius 3 is 2.65 bits per heavy atom. The molecular formula is C17H26N6. The van der Waals surface area contributed by atoms with E-state index >= 15 is 0 Å². The van der Waals surface area contributed by atoms with Gasteiger partial charge in [0, 0.05) is 6.54 Å². The molecule has 0 aliphatic heterocycles. The number of nitrogens with zero attached hydrogens (tertiary/aromatic N) is 3. The molecule has 2 rings (SSSR count). The van der Waals surface area contributed by atoms with Crippen molar-refractivity contribution in [3.63, 3.8) is 0 Å². The van der Waals surface area contributed by atoms with Crippen LogP contribution in [-0.4, -0.2) is 27.5 Å². The molecule has 1 heterocycles. The minimum absolute atomic E-state index is 0.0354. The number of rotatable bonds is 6. The molecule has 1 aromatic heterocycles. The number of aryl methyl sites for hydroxylation is 1. The number of hydrogen-bond donors (Lipinski definition) is 3. The van der Waals surface area contributed by atoms with Gasteiger partial charge in [-0.1, -0.05) is 32.1 Å². The highest BCUT2D eigenvalue weighted by Gasteiger charge is 2.16. The molecule has 6 nitrogen and oxygen atoms in total. The molecule has 124 valence electrons. The van der Waals surface area contributed by atoms with Crippen molar-refractivity contribution in [3.05, 3.63) is 41.7 Å². The molecule has 23 heavy (non-hydrogen) atoms. The van der Waals surface area contributed by atoms with Crippen molar-refractivity contribution in [3.8, 4) is 5.69 Å². The van der Waals surface area contributed by atoms with E-state index in [0.29, 0.717) is 0 Å². The van der Waals surface area contributed by atoms with Gasteiger partial charge >= 0.3 is 0 Å². The SMILES string of the molecule is CC(C)(C)c1cc(CCCCNC(=N)N)cc(-n2ccnn2)c1. The number of benzene rings is 1. The normalized spacial score (nSPS) is 11.4. The molecule has 2 aromatic rings. The molecular weight excluding hydrogens is 288 g/mol. The predicted molar refractivity (Wildman–Crippen MR) is 92.9 cm³/mol. The average Bonchev–Trinajstić information content (AvgIpc) is 2.99. The lowest BCUT2D eigenvalue weighted by atomic mass is 9.85. The van der Waals surface area contributed by atoms with Crippen molar-refractivity contribution in [2.75, 3.05) is 6.54 Å². The van der Waals surface area contributed by atoms with E-state index in [1.165, 1.54) is 11.1 Å². The van der Waals surface area contributed by atoms with Crippen LogP contribution in [-0.2, 0) is 11.8 Å². The Morgan fingerprint density at radius 2 is 2.04 bits per heavy atom. The van der Waals surface area contributed by atoms with E-state index in [1.54, 1.807) is 10.9 Å². The molecule has 0 bridgehead atoms. The van der Waals surface area contributed by atoms with E-state index < -0.39 is 0 Å². The van der Waals surface area contributed by atoms with Gasteiger partial charge in [0.15, 0.2) is 5.96 Å². The minimum atomic E-state index is 0.0354. The first kappa shape index (κ1) is 17.0. The lowest BCUT2D eigenvalue weighted by molar-refractivity contribution is 0.587. The first-order valence-corrected chi connectivity index (χ1v) is 7.95. The Morgan fingerprint density at radius 1 is 1.26 bits per heavy atom. The Bertz CT molecular complexity index is 640. The molecule has 4 N–H and O–H groups in total. The molecule has 0 aliphatic carbocycles. The van der Waals surface area contributed by atoms with E-state index in [-0.39, 0.29) is 11.4 Å². The highest BCUT2D eigenvalue weighted by Crippen LogP contribution is 2.26. The molecule has 0 unspecified atom stereocenters. The Kier molecular flexibility index (Phi) is 5.36. The maximum absolute atomic E-state index is 7.15. The van der Waals surface area contributed by atoms with Crippen LogP contribution in [0.1, 0.15) is 44.7 Å². The van der Waals surface area contributed by atoms with Gasteiger partial charge in [0.05, 0.1) is 18.1 Å². The lowest BCUT2D eigenvalue weighted by Gasteiger charge is -2.21. The van der Waals surface area contributed by atoms with E-state index in [0.717, 1.165) is 31.5 Å². The Balaban J connectivity index is 2.12. The lowest BCUT2D eigenvalue weighted by Crippen LogP contribution is -2.30. The third kappa shape index (κ3) is 5.09. The second kappa shape index (κ2) is 7.26. The summed E-state index contributed by atoms with van der Waals surface area (Å²) in [5, 5.41) is 18.0. The van der Waals surface area contributed by atoms with Crippen LogP contribution in [0.15, 0.2) is 30.6 Å². The second-order valence-corrected chi connectivity index (χ2v) is 6.78. The maximum Gasteiger partial charge on any atom is 0.185 e. The van der Waals surface area contributed by atoms with Crippen LogP contribution in [0.3, 0.4) is 0 Å². The van der Waals surface area contributed by atoms with Crippen molar-refractivity contribution in [1.29, 1.82) is 5.41 Å². The summed E-state index contributed by atoms with van der Waals surface area (Å²) in [6, 6.07) is 6.62. The zero-order valence-electron chi connectivity index (χ0n) is 14.1. The van der Waals surface area contributed by atoms with Gasteiger partial charge in [0.1, 0.15) is 0 Å². The van der Waals surface area contributed by atoms with Gasteiger partial charge in [-0.3, -0.25) is 5.41 Å². The standard InChI is InChI=1S/C17H26N6/c1-17(2,3)14-10-13(6-4-5-7-20-16(18)19)11-15(12-14)23-9-8-21-22-23/h8-12H,4-7H2,1-3H3,(H4,18,19,20). The number of guanidine groups is 1. The number of unbranched alkanes of at least 4 members (excludes halogenated alkanes) is 1. The fourth-order valence-corrected chi connectivity index (χ4v) is 2.41. The number of aromatic nitrogens is 3. The van der Waals surface area contributed by atoms with Crippen molar-refractivity contribution >= 4 is 5.96 Å². The molecule has 0 radical (unpaired) electrons. The van der Waals surface area contributed by atoms with Crippen molar-refractivity contribution < 1.29 is 0 Å². The van der Waals surface area contributed by atoms with Gasteiger partial charge in [-0.25, -0.2) is 4.68 Å². The van der Waals surface area contributed by atoms with Gasteiger partial charge in [0.2, 0.25) is 0 Å². The van der Waals surface area contributed by atoms with Crippen LogP contribution >= 0.6 is 0 Å². The molecule has 0 saturated carbocycles. The minimum Gasteiger partial charge on any atom is -0.370 e. The number of nitrogens with two attached hydrogens (primary N) is 1. The topological polar surface area (TPSA) is 92.6 Å². The first-order chi connectivity index (χ1) is 10.9. The average molecular weight is 314 g/mol. The molecule has 0 saturated heterocycles. The van der Waals surface area contributed by atoms with Gasteiger partial charge in [-0.15, -0.1) is 5.10 Å². The quantitative estimate of drug-likeness (QED) is 0.433. The van der Waals surface area contributed by atoms with Crippen LogP contribution in [0.4, 0.5) is 0 Å². The highest BCUT2D eigenvalue weighted by molar-refractivity contribution is 5.74. The van der Waals surface area contributed by atoms with Crippen LogP contribution in [0.5, 0.6) is 0 Å². The predicted octanol–water partition coefficient (Wildman–Crippen LogP) is 2.37. The van der Waals surface area contributed by atoms with Crippen molar-refractivity contribution in [1.82, 2.24) is 20.3 Å². The smallest absolute Gasteiger partial charge is 0.185 e. The van der Waals surface area contributed by atoms with Gasteiger partial charge in [0.25, 0.3) is 0 Å². The van der Waals surface area contributed by atoms with Crippen LogP contribution < -0.4 is 11.1 Å². The third-order valence-electron chi connectivity index (χ3n) is 3.74. The van der Waals surface area contributed by atoms with E-state index in [4.69, 9.17) is 11.1 Å². The van der Waals surface area contributed by atoms with Crippen molar-refractivity contribution in [2.24, 2.45) is 5.73 Å². The molecule has 0 spiro atoms. The monoisotopic (exact) mass is 314 g/mol. The summed E-state index contributed by atoms with van der Waals surface area (Å²) in [5.74, 6) is 0.0354. The summed E-state index contributed by atoms with van der Waals surface area (Å²) < 4.78 is 1.80. The Hall–Kier alpha value is -2.37. The molecule has 0 aliphatic rings. The van der Waals surface area contributed by atoms with Gasteiger partial charge < -0.3 is 11.1 Å². The fraction of sp³-hybridized carbons (Fsp3) is 0.471. The summed E-state index contributed by atoms with van der Waals surface area (Å²) in [4.78, 5) is 0. The summed E-state index contributed by atoms with van der Waals surface area (Å²) in [5.41, 5.74) is 9.01. The largest absolute Gasteiger partial charge is 0.370 e. The summed E-state index contributed by atoms with van der Waals surface area (Å²) in [6.45, 7) is 7.39. The second-order valence-electron chi connectivity index (χ2n) is 6.78. The highest BCUT2D eigenvalue weighted by atomic mass is 15.4. The van der Waals surface area contributed by atoms with Crippen molar-refractivity contribution in [2.45, 2.75) is 45.4 Å². The number of nitrogens with one attached hydrogen (secondary N) is 2. The zero-order chi connectivity index (χ0) is 16.9. The molecule has 1 aromatic carbocycles. The van der Waals surface area contributed by atoms with Crippen LogP contribution in [0.2, 0.25) is 0 Å². The fourth-order valence-electron chi connectivity index (χ4n) is 2.41. The first-order valence-electron chi connectivity index (χ1n) is 7.95. The molecule has 0 amide bonds. The van der Waals surface area contributed by atoms with E-state index in [2.05, 4.69) is 54.6 Å². The molecule has 0 atom stereocenters. The van der Waals surface area contributed by atoms with E-state index in [1.807, 2.05) is 6.20 Å². The summed E-state index contributed by atoms with van der Waals surface area (Å²) in [6.07, 6.45) is 6.58. The molecule has 0 fully saturated rings. The molecule has 6 heteroatoms. The van der Waals surface area contributed by atoms with Crippen LogP contribution in [0.25, 0.3) is 5.69 Å². The zero-order valence-corrected chi connectivity index (χ0v) is 14.1.